The molecule has 1 aliphatic heterocycles. The second-order valence-electron chi connectivity index (χ2n) is 7.58. The third-order valence-electron chi connectivity index (χ3n) is 5.50. The second-order valence-corrected chi connectivity index (χ2v) is 9.35. The quantitative estimate of drug-likeness (QED) is 0.611. The molecule has 3 aromatic rings. The zero-order chi connectivity index (χ0) is 21.8. The van der Waals surface area contributed by atoms with Crippen LogP contribution in [0.3, 0.4) is 0 Å². The van der Waals surface area contributed by atoms with Crippen molar-refractivity contribution in [2.45, 2.75) is 31.1 Å². The number of nitrogens with one attached hydrogen (secondary N) is 2. The molecule has 0 radical (unpaired) electrons. The van der Waals surface area contributed by atoms with Gasteiger partial charge in [0.1, 0.15) is 0 Å². The van der Waals surface area contributed by atoms with Crippen LogP contribution in [0, 0.1) is 0 Å². The summed E-state index contributed by atoms with van der Waals surface area (Å²) in [6.07, 6.45) is 7.17. The summed E-state index contributed by atoms with van der Waals surface area (Å²) in [6.45, 7) is 4.09. The molecule has 2 aromatic carbocycles. The largest absolute Gasteiger partial charge is 0.371 e. The Kier molecular flexibility index (Phi) is 6.20. The highest BCUT2D eigenvalue weighted by Gasteiger charge is 2.17. The summed E-state index contributed by atoms with van der Waals surface area (Å²) in [5, 5.41) is 4.89. The van der Waals surface area contributed by atoms with E-state index in [1.165, 1.54) is 43.5 Å². The third-order valence-corrected chi connectivity index (χ3v) is 7.06. The van der Waals surface area contributed by atoms with Gasteiger partial charge in [-0.15, -0.1) is 0 Å². The third kappa shape index (κ3) is 4.55. The van der Waals surface area contributed by atoms with Crippen molar-refractivity contribution in [3.8, 4) is 0 Å². The van der Waals surface area contributed by atoms with Crippen LogP contribution < -0.4 is 14.9 Å². The molecule has 162 valence electrons. The number of nitrogens with zero attached hydrogens (tertiary/aromatic N) is 2. The van der Waals surface area contributed by atoms with E-state index < -0.39 is 10.0 Å². The van der Waals surface area contributed by atoms with Crippen molar-refractivity contribution in [2.75, 3.05) is 29.9 Å². The summed E-state index contributed by atoms with van der Waals surface area (Å²) in [5.74, 6) is -0.303. The SMILES string of the molecule is CCNS(=O)(=O)c1ccc(C(=O)Nc2ccc(N3CCCCC3)c3ccncc23)cc1. The maximum absolute atomic E-state index is 12.8. The zero-order valence-electron chi connectivity index (χ0n) is 17.5. The van der Waals surface area contributed by atoms with E-state index in [0.717, 1.165) is 29.5 Å². The molecular weight excluding hydrogens is 412 g/mol. The van der Waals surface area contributed by atoms with E-state index in [4.69, 9.17) is 0 Å². The Morgan fingerprint density at radius 3 is 2.45 bits per heavy atom. The molecular formula is C23H26N4O3S. The molecule has 1 aliphatic rings. The number of hydrogen-bond donors (Lipinski definition) is 2. The van der Waals surface area contributed by atoms with E-state index in [1.54, 1.807) is 19.3 Å². The van der Waals surface area contributed by atoms with E-state index >= 15 is 0 Å². The molecule has 8 heteroatoms. The summed E-state index contributed by atoms with van der Waals surface area (Å²) in [5.41, 5.74) is 2.22. The van der Waals surface area contributed by atoms with Crippen LogP contribution in [0.4, 0.5) is 11.4 Å². The Morgan fingerprint density at radius 2 is 1.74 bits per heavy atom. The highest BCUT2D eigenvalue weighted by molar-refractivity contribution is 7.89. The van der Waals surface area contributed by atoms with Crippen LogP contribution in [0.15, 0.2) is 59.8 Å². The zero-order valence-corrected chi connectivity index (χ0v) is 18.3. The van der Waals surface area contributed by atoms with Crippen molar-refractivity contribution in [1.82, 2.24) is 9.71 Å². The second kappa shape index (κ2) is 9.03. The topological polar surface area (TPSA) is 91.4 Å². The number of anilines is 2. The Labute approximate surface area is 182 Å². The van der Waals surface area contributed by atoms with Gasteiger partial charge in [-0.25, -0.2) is 13.1 Å². The van der Waals surface area contributed by atoms with Crippen LogP contribution in [-0.4, -0.2) is 38.9 Å². The van der Waals surface area contributed by atoms with Crippen molar-refractivity contribution in [1.29, 1.82) is 0 Å². The smallest absolute Gasteiger partial charge is 0.255 e. The van der Waals surface area contributed by atoms with Crippen LogP contribution in [0.25, 0.3) is 10.8 Å². The number of pyridine rings is 1. The van der Waals surface area contributed by atoms with Crippen molar-refractivity contribution >= 4 is 38.1 Å². The summed E-state index contributed by atoms with van der Waals surface area (Å²) in [6, 6.07) is 11.8. The molecule has 7 nitrogen and oxygen atoms in total. The lowest BCUT2D eigenvalue weighted by Gasteiger charge is -2.30. The molecule has 1 amide bonds. The summed E-state index contributed by atoms with van der Waals surface area (Å²) in [4.78, 5) is 19.6. The van der Waals surface area contributed by atoms with E-state index in [2.05, 4.69) is 26.0 Å². The predicted octanol–water partition coefficient (Wildman–Crippen LogP) is 3.78. The minimum absolute atomic E-state index is 0.131. The molecule has 0 saturated carbocycles. The summed E-state index contributed by atoms with van der Waals surface area (Å²) in [7, 11) is -3.55. The summed E-state index contributed by atoms with van der Waals surface area (Å²) < 4.78 is 26.6. The number of sulfonamides is 1. The van der Waals surface area contributed by atoms with Gasteiger partial charge in [-0.3, -0.25) is 9.78 Å². The molecule has 1 saturated heterocycles. The predicted molar refractivity (Wildman–Crippen MR) is 123 cm³/mol. The molecule has 0 aliphatic carbocycles. The number of carbonyl (C=O) groups is 1. The maximum atomic E-state index is 12.8. The van der Waals surface area contributed by atoms with Gasteiger partial charge in [0.15, 0.2) is 0 Å². The molecule has 1 fully saturated rings. The van der Waals surface area contributed by atoms with Crippen molar-refractivity contribution in [3.05, 3.63) is 60.4 Å². The molecule has 0 unspecified atom stereocenters. The molecule has 0 bridgehead atoms. The minimum atomic E-state index is -3.55. The number of rotatable bonds is 6. The lowest BCUT2D eigenvalue weighted by atomic mass is 10.0. The first-order valence-corrected chi connectivity index (χ1v) is 12.0. The Morgan fingerprint density at radius 1 is 1.00 bits per heavy atom. The number of aromatic nitrogens is 1. The van der Waals surface area contributed by atoms with Gasteiger partial charge < -0.3 is 10.2 Å². The van der Waals surface area contributed by atoms with E-state index in [9.17, 15) is 13.2 Å². The molecule has 31 heavy (non-hydrogen) atoms. The van der Waals surface area contributed by atoms with E-state index in [1.807, 2.05) is 12.1 Å². The van der Waals surface area contributed by atoms with Gasteiger partial charge in [0.05, 0.1) is 10.6 Å². The van der Waals surface area contributed by atoms with E-state index in [0.29, 0.717) is 17.8 Å². The van der Waals surface area contributed by atoms with Crippen molar-refractivity contribution in [2.24, 2.45) is 0 Å². The fraction of sp³-hybridized carbons (Fsp3) is 0.304. The van der Waals surface area contributed by atoms with Crippen LogP contribution in [0.5, 0.6) is 0 Å². The number of benzene rings is 2. The number of carbonyl (C=O) groups excluding carboxylic acids is 1. The molecule has 2 N–H and O–H groups in total. The Hall–Kier alpha value is -2.97. The monoisotopic (exact) mass is 438 g/mol. The highest BCUT2D eigenvalue weighted by atomic mass is 32.2. The first-order chi connectivity index (χ1) is 15.0. The standard InChI is InChI=1S/C23H26N4O3S/c1-2-25-31(29,30)18-8-6-17(7-9-18)23(28)26-21-10-11-22(27-14-4-3-5-15-27)19-12-13-24-16-20(19)21/h6-13,16,25H,2-5,14-15H2,1H3,(H,26,28). The highest BCUT2D eigenvalue weighted by Crippen LogP contribution is 2.33. The summed E-state index contributed by atoms with van der Waals surface area (Å²) >= 11 is 0. The first kappa shape index (κ1) is 21.3. The van der Waals surface area contributed by atoms with Crippen molar-refractivity contribution in [3.63, 3.8) is 0 Å². The first-order valence-electron chi connectivity index (χ1n) is 10.5. The van der Waals surface area contributed by atoms with E-state index in [-0.39, 0.29) is 10.8 Å². The van der Waals surface area contributed by atoms with Gasteiger partial charge in [0.25, 0.3) is 5.91 Å². The van der Waals surface area contributed by atoms with Crippen LogP contribution in [0.2, 0.25) is 0 Å². The van der Waals surface area contributed by atoms with Crippen LogP contribution in [-0.2, 0) is 10.0 Å². The average Bonchev–Trinajstić information content (AvgIpc) is 2.80. The van der Waals surface area contributed by atoms with Crippen LogP contribution >= 0.6 is 0 Å². The van der Waals surface area contributed by atoms with Gasteiger partial charge in [0, 0.05) is 54.1 Å². The lowest BCUT2D eigenvalue weighted by molar-refractivity contribution is 0.102. The van der Waals surface area contributed by atoms with Crippen molar-refractivity contribution < 1.29 is 13.2 Å². The number of fused-ring (bicyclic) bond motifs is 1. The van der Waals surface area contributed by atoms with Gasteiger partial charge in [-0.05, 0) is 61.7 Å². The number of hydrogen-bond acceptors (Lipinski definition) is 5. The average molecular weight is 439 g/mol. The lowest BCUT2D eigenvalue weighted by Crippen LogP contribution is -2.29. The van der Waals surface area contributed by atoms with Gasteiger partial charge in [-0.2, -0.15) is 0 Å². The molecule has 0 spiro atoms. The van der Waals surface area contributed by atoms with Gasteiger partial charge in [-0.1, -0.05) is 6.92 Å². The number of piperidine rings is 1. The minimum Gasteiger partial charge on any atom is -0.371 e. The molecule has 4 rings (SSSR count). The molecule has 0 atom stereocenters. The Balaban J connectivity index is 1.59. The van der Waals surface area contributed by atoms with Gasteiger partial charge >= 0.3 is 0 Å². The normalized spacial score (nSPS) is 14.5. The maximum Gasteiger partial charge on any atom is 0.255 e. The fourth-order valence-electron chi connectivity index (χ4n) is 3.95. The van der Waals surface area contributed by atoms with Gasteiger partial charge in [0.2, 0.25) is 10.0 Å². The fourth-order valence-corrected chi connectivity index (χ4v) is 4.99. The molecule has 1 aromatic heterocycles. The van der Waals surface area contributed by atoms with Crippen LogP contribution in [0.1, 0.15) is 36.5 Å². The number of amides is 1. The molecule has 2 heterocycles. The Bertz CT molecular complexity index is 1190.